The van der Waals surface area contributed by atoms with E-state index in [1.807, 2.05) is 12.1 Å². The largest absolute Gasteiger partial charge is 0.488 e. The zero-order valence-corrected chi connectivity index (χ0v) is 12.9. The topological polar surface area (TPSA) is 21.3 Å². The van der Waals surface area contributed by atoms with Crippen LogP contribution < -0.4 is 10.1 Å². The highest BCUT2D eigenvalue weighted by Crippen LogP contribution is 2.33. The van der Waals surface area contributed by atoms with Gasteiger partial charge >= 0.3 is 0 Å². The summed E-state index contributed by atoms with van der Waals surface area (Å²) < 4.78 is 7.29. The van der Waals surface area contributed by atoms with Gasteiger partial charge in [-0.25, -0.2) is 0 Å². The molecule has 0 radical (unpaired) electrons. The third-order valence-corrected chi connectivity index (χ3v) is 4.06. The molecule has 0 spiro atoms. The Labute approximate surface area is 128 Å². The van der Waals surface area contributed by atoms with Crippen LogP contribution in [0.3, 0.4) is 0 Å². The fraction of sp³-hybridized carbons (Fsp3) is 0.294. The van der Waals surface area contributed by atoms with Crippen LogP contribution in [0.1, 0.15) is 12.8 Å². The summed E-state index contributed by atoms with van der Waals surface area (Å²) in [4.78, 5) is 0. The van der Waals surface area contributed by atoms with Crippen LogP contribution in [-0.4, -0.2) is 19.2 Å². The zero-order valence-electron chi connectivity index (χ0n) is 11.3. The number of rotatable bonds is 3. The molecule has 1 aliphatic rings. The van der Waals surface area contributed by atoms with Gasteiger partial charge in [-0.3, -0.25) is 0 Å². The molecule has 1 atom stereocenters. The lowest BCUT2D eigenvalue weighted by Crippen LogP contribution is -2.37. The number of ether oxygens (including phenoxy) is 1. The van der Waals surface area contributed by atoms with Gasteiger partial charge in [0.1, 0.15) is 11.9 Å². The van der Waals surface area contributed by atoms with E-state index in [0.29, 0.717) is 0 Å². The summed E-state index contributed by atoms with van der Waals surface area (Å²) in [6.07, 6.45) is 2.58. The molecule has 0 bridgehead atoms. The minimum absolute atomic E-state index is 0.271. The SMILES string of the molecule is Brc1ccc(OC2CCCNC2)c(-c2ccccc2)c1. The summed E-state index contributed by atoms with van der Waals surface area (Å²) in [5.74, 6) is 0.966. The van der Waals surface area contributed by atoms with Crippen molar-refractivity contribution in [2.45, 2.75) is 18.9 Å². The standard InChI is InChI=1S/C17H18BrNO/c18-14-8-9-17(20-15-7-4-10-19-12-15)16(11-14)13-5-2-1-3-6-13/h1-3,5-6,8-9,11,15,19H,4,7,10,12H2. The van der Waals surface area contributed by atoms with Crippen molar-refractivity contribution in [3.63, 3.8) is 0 Å². The molecule has 2 aromatic carbocycles. The van der Waals surface area contributed by atoms with Gasteiger partial charge in [0.2, 0.25) is 0 Å². The second-order valence-corrected chi connectivity index (χ2v) is 6.01. The molecular weight excluding hydrogens is 314 g/mol. The van der Waals surface area contributed by atoms with Crippen LogP contribution in [0.15, 0.2) is 53.0 Å². The summed E-state index contributed by atoms with van der Waals surface area (Å²) in [6.45, 7) is 2.04. The molecule has 2 aromatic rings. The predicted molar refractivity (Wildman–Crippen MR) is 86.1 cm³/mol. The summed E-state index contributed by atoms with van der Waals surface area (Å²) >= 11 is 3.55. The van der Waals surface area contributed by atoms with Crippen molar-refractivity contribution in [3.8, 4) is 16.9 Å². The quantitative estimate of drug-likeness (QED) is 0.907. The van der Waals surface area contributed by atoms with E-state index in [1.165, 1.54) is 12.0 Å². The maximum Gasteiger partial charge on any atom is 0.127 e. The van der Waals surface area contributed by atoms with Gasteiger partial charge in [-0.05, 0) is 43.1 Å². The summed E-state index contributed by atoms with van der Waals surface area (Å²) in [5, 5.41) is 3.39. The lowest BCUT2D eigenvalue weighted by molar-refractivity contribution is 0.168. The monoisotopic (exact) mass is 331 g/mol. The highest BCUT2D eigenvalue weighted by molar-refractivity contribution is 9.10. The Balaban J connectivity index is 1.90. The summed E-state index contributed by atoms with van der Waals surface area (Å²) in [5.41, 5.74) is 2.33. The van der Waals surface area contributed by atoms with E-state index in [2.05, 4.69) is 57.6 Å². The summed E-state index contributed by atoms with van der Waals surface area (Å²) in [6, 6.07) is 16.6. The molecule has 0 aromatic heterocycles. The smallest absolute Gasteiger partial charge is 0.127 e. The molecule has 1 unspecified atom stereocenters. The average Bonchev–Trinajstić information content (AvgIpc) is 2.51. The Hall–Kier alpha value is -1.32. The number of nitrogens with one attached hydrogen (secondary N) is 1. The van der Waals surface area contributed by atoms with Crippen LogP contribution in [-0.2, 0) is 0 Å². The lowest BCUT2D eigenvalue weighted by atomic mass is 10.0. The Kier molecular flexibility index (Phi) is 4.38. The number of benzene rings is 2. The van der Waals surface area contributed by atoms with Crippen LogP contribution >= 0.6 is 15.9 Å². The lowest BCUT2D eigenvalue weighted by Gasteiger charge is -2.25. The van der Waals surface area contributed by atoms with Gasteiger partial charge in [-0.2, -0.15) is 0 Å². The van der Waals surface area contributed by atoms with E-state index in [1.54, 1.807) is 0 Å². The van der Waals surface area contributed by atoms with Crippen molar-refractivity contribution < 1.29 is 4.74 Å². The minimum Gasteiger partial charge on any atom is -0.488 e. The van der Waals surface area contributed by atoms with E-state index in [4.69, 9.17) is 4.74 Å². The second-order valence-electron chi connectivity index (χ2n) is 5.09. The molecule has 2 nitrogen and oxygen atoms in total. The van der Waals surface area contributed by atoms with E-state index >= 15 is 0 Å². The molecule has 1 saturated heterocycles. The van der Waals surface area contributed by atoms with Crippen LogP contribution in [0.4, 0.5) is 0 Å². The molecule has 1 heterocycles. The first kappa shape index (κ1) is 13.7. The molecule has 0 saturated carbocycles. The van der Waals surface area contributed by atoms with Gasteiger partial charge in [0, 0.05) is 16.6 Å². The van der Waals surface area contributed by atoms with Gasteiger partial charge in [0.05, 0.1) is 0 Å². The van der Waals surface area contributed by atoms with Crippen LogP contribution in [0.2, 0.25) is 0 Å². The molecule has 3 heteroatoms. The van der Waals surface area contributed by atoms with Crippen molar-refractivity contribution in [3.05, 3.63) is 53.0 Å². The number of hydrogen-bond donors (Lipinski definition) is 1. The Morgan fingerprint density at radius 2 is 1.95 bits per heavy atom. The number of halogens is 1. The van der Waals surface area contributed by atoms with E-state index in [-0.39, 0.29) is 6.10 Å². The first-order chi connectivity index (χ1) is 9.83. The van der Waals surface area contributed by atoms with Gasteiger partial charge in [0.15, 0.2) is 0 Å². The van der Waals surface area contributed by atoms with E-state index in [0.717, 1.165) is 35.3 Å². The van der Waals surface area contributed by atoms with Gasteiger partial charge in [-0.15, -0.1) is 0 Å². The zero-order chi connectivity index (χ0) is 13.8. The molecule has 104 valence electrons. The van der Waals surface area contributed by atoms with E-state index < -0.39 is 0 Å². The molecule has 1 aliphatic heterocycles. The Morgan fingerprint density at radius 3 is 2.70 bits per heavy atom. The third-order valence-electron chi connectivity index (χ3n) is 3.57. The van der Waals surface area contributed by atoms with Crippen LogP contribution in [0.5, 0.6) is 5.75 Å². The Bertz CT molecular complexity index is 564. The van der Waals surface area contributed by atoms with Crippen molar-refractivity contribution in [2.75, 3.05) is 13.1 Å². The predicted octanol–water partition coefficient (Wildman–Crippen LogP) is 4.25. The Morgan fingerprint density at radius 1 is 1.10 bits per heavy atom. The highest BCUT2D eigenvalue weighted by Gasteiger charge is 2.16. The molecule has 0 aliphatic carbocycles. The van der Waals surface area contributed by atoms with Crippen molar-refractivity contribution in [1.82, 2.24) is 5.32 Å². The fourth-order valence-corrected chi connectivity index (χ4v) is 2.91. The van der Waals surface area contributed by atoms with Gasteiger partial charge in [-0.1, -0.05) is 46.3 Å². The minimum atomic E-state index is 0.271. The molecule has 0 amide bonds. The van der Waals surface area contributed by atoms with Crippen molar-refractivity contribution in [1.29, 1.82) is 0 Å². The second kappa shape index (κ2) is 6.42. The van der Waals surface area contributed by atoms with Crippen molar-refractivity contribution >= 4 is 15.9 Å². The highest BCUT2D eigenvalue weighted by atomic mass is 79.9. The summed E-state index contributed by atoms with van der Waals surface area (Å²) in [7, 11) is 0. The molecule has 1 fully saturated rings. The normalized spacial score (nSPS) is 18.8. The number of piperidine rings is 1. The molecule has 20 heavy (non-hydrogen) atoms. The van der Waals surface area contributed by atoms with Crippen molar-refractivity contribution in [2.24, 2.45) is 0 Å². The van der Waals surface area contributed by atoms with Crippen LogP contribution in [0, 0.1) is 0 Å². The van der Waals surface area contributed by atoms with Crippen LogP contribution in [0.25, 0.3) is 11.1 Å². The maximum absolute atomic E-state index is 6.21. The first-order valence-electron chi connectivity index (χ1n) is 7.05. The van der Waals surface area contributed by atoms with E-state index in [9.17, 15) is 0 Å². The van der Waals surface area contributed by atoms with Gasteiger partial charge in [0.25, 0.3) is 0 Å². The molecular formula is C17H18BrNO. The van der Waals surface area contributed by atoms with Gasteiger partial charge < -0.3 is 10.1 Å². The molecule has 3 rings (SSSR count). The third kappa shape index (κ3) is 3.22. The molecule has 1 N–H and O–H groups in total. The number of hydrogen-bond acceptors (Lipinski definition) is 2. The maximum atomic E-state index is 6.21. The first-order valence-corrected chi connectivity index (χ1v) is 7.84. The average molecular weight is 332 g/mol. The fourth-order valence-electron chi connectivity index (χ4n) is 2.55.